The van der Waals surface area contributed by atoms with Crippen molar-refractivity contribution < 1.29 is 9.59 Å². The molecule has 0 N–H and O–H groups in total. The summed E-state index contributed by atoms with van der Waals surface area (Å²) in [7, 11) is 0. The Morgan fingerprint density at radius 1 is 1.73 bits per heavy atom. The summed E-state index contributed by atoms with van der Waals surface area (Å²) in [6, 6.07) is 0.0858. The third-order valence-corrected chi connectivity index (χ3v) is 3.20. The van der Waals surface area contributed by atoms with Crippen molar-refractivity contribution in [3.05, 3.63) is 0 Å². The maximum atomic E-state index is 11.3. The summed E-state index contributed by atoms with van der Waals surface area (Å²) in [6.45, 7) is 0. The van der Waals surface area contributed by atoms with E-state index in [4.69, 9.17) is 0 Å². The first kappa shape index (κ1) is 7.03. The van der Waals surface area contributed by atoms with Gasteiger partial charge in [-0.3, -0.25) is 9.79 Å². The lowest BCUT2D eigenvalue weighted by atomic mass is 10.1. The van der Waals surface area contributed by atoms with Crippen molar-refractivity contribution in [3.63, 3.8) is 0 Å². The number of ketones is 1. The van der Waals surface area contributed by atoms with Crippen LogP contribution in [0.3, 0.4) is 0 Å². The molecule has 0 aromatic carbocycles. The highest BCUT2D eigenvalue weighted by Gasteiger charge is 2.44. The number of hydrogen-bond acceptors (Lipinski definition) is 4. The van der Waals surface area contributed by atoms with Crippen LogP contribution in [0.1, 0.15) is 6.42 Å². The fourth-order valence-electron chi connectivity index (χ4n) is 1.50. The first-order valence-electron chi connectivity index (χ1n) is 3.49. The second-order valence-corrected chi connectivity index (χ2v) is 3.75. The van der Waals surface area contributed by atoms with Crippen LogP contribution < -0.4 is 0 Å². The summed E-state index contributed by atoms with van der Waals surface area (Å²) in [5.74, 6) is -0.317. The van der Waals surface area contributed by atoms with Crippen LogP contribution in [-0.2, 0) is 9.59 Å². The highest BCUT2D eigenvalue weighted by Crippen LogP contribution is 2.35. The fraction of sp³-hybridized carbons (Fsp3) is 0.571. The summed E-state index contributed by atoms with van der Waals surface area (Å²) in [5, 5.41) is -0.0507. The van der Waals surface area contributed by atoms with Crippen molar-refractivity contribution in [1.82, 2.24) is 0 Å². The molecule has 0 aromatic rings. The Hall–Kier alpha value is -0.640. The molecule has 2 rings (SSSR count). The number of carbonyl (C=O) groups is 2. The number of carbonyl (C=O) groups excluding carboxylic acids is 2. The van der Waals surface area contributed by atoms with Gasteiger partial charge < -0.3 is 4.79 Å². The molecule has 0 saturated heterocycles. The van der Waals surface area contributed by atoms with Gasteiger partial charge in [0.25, 0.3) is 0 Å². The number of aliphatic imine (C=N–C) groups is 1. The molecule has 58 valence electrons. The van der Waals surface area contributed by atoms with Crippen LogP contribution in [0.2, 0.25) is 0 Å². The minimum Gasteiger partial charge on any atom is -0.303 e. The quantitative estimate of drug-likeness (QED) is 0.418. The average Bonchev–Trinajstić information content (AvgIpc) is 2.53. The van der Waals surface area contributed by atoms with E-state index < -0.39 is 0 Å². The standard InChI is InChI=1S/C7H7NO2S/c9-2-4-1-5-7(6(4)10)11-3-8-5/h2-5,7H,1H2. The Kier molecular flexibility index (Phi) is 1.56. The van der Waals surface area contributed by atoms with E-state index in [2.05, 4.69) is 4.99 Å². The highest BCUT2D eigenvalue weighted by molar-refractivity contribution is 8.13. The smallest absolute Gasteiger partial charge is 0.158 e. The van der Waals surface area contributed by atoms with Crippen LogP contribution in [0.25, 0.3) is 0 Å². The van der Waals surface area contributed by atoms with E-state index in [1.54, 1.807) is 5.55 Å². The second-order valence-electron chi connectivity index (χ2n) is 2.76. The van der Waals surface area contributed by atoms with Crippen LogP contribution in [0.4, 0.5) is 0 Å². The van der Waals surface area contributed by atoms with E-state index in [1.807, 2.05) is 0 Å². The highest BCUT2D eigenvalue weighted by atomic mass is 32.2. The minimum absolute atomic E-state index is 0.0507. The predicted octanol–water partition coefficient (Wildman–Crippen LogP) is 0.287. The molecule has 2 aliphatic rings. The molecular formula is C7H7NO2S. The molecule has 3 unspecified atom stereocenters. The Balaban J connectivity index is 2.21. The van der Waals surface area contributed by atoms with E-state index in [9.17, 15) is 9.59 Å². The van der Waals surface area contributed by atoms with Gasteiger partial charge in [-0.05, 0) is 6.42 Å². The molecule has 0 spiro atoms. The average molecular weight is 169 g/mol. The molecule has 0 aromatic heterocycles. The normalized spacial score (nSPS) is 41.1. The first-order chi connectivity index (χ1) is 5.33. The fourth-order valence-corrected chi connectivity index (χ4v) is 2.53. The second kappa shape index (κ2) is 2.44. The van der Waals surface area contributed by atoms with Gasteiger partial charge in [0.1, 0.15) is 6.29 Å². The van der Waals surface area contributed by atoms with Crippen molar-refractivity contribution in [2.24, 2.45) is 10.9 Å². The summed E-state index contributed by atoms with van der Waals surface area (Å²) >= 11 is 1.44. The lowest BCUT2D eigenvalue weighted by molar-refractivity contribution is -0.124. The van der Waals surface area contributed by atoms with Gasteiger partial charge >= 0.3 is 0 Å². The number of aldehydes is 1. The van der Waals surface area contributed by atoms with Gasteiger partial charge in [0, 0.05) is 0 Å². The maximum absolute atomic E-state index is 11.3. The number of rotatable bonds is 1. The molecule has 1 aliphatic carbocycles. The van der Waals surface area contributed by atoms with Crippen LogP contribution in [0, 0.1) is 5.92 Å². The molecule has 1 aliphatic heterocycles. The van der Waals surface area contributed by atoms with Crippen molar-refractivity contribution >= 4 is 29.4 Å². The van der Waals surface area contributed by atoms with Crippen molar-refractivity contribution in [1.29, 1.82) is 0 Å². The number of Topliss-reactive ketones (excluding diaryl/α,β-unsaturated/α-hetero) is 1. The van der Waals surface area contributed by atoms with E-state index >= 15 is 0 Å². The Labute approximate surface area is 68.3 Å². The molecule has 0 amide bonds. The largest absolute Gasteiger partial charge is 0.303 e. The van der Waals surface area contributed by atoms with Gasteiger partial charge in [0.15, 0.2) is 5.78 Å². The monoisotopic (exact) mass is 169 g/mol. The summed E-state index contributed by atoms with van der Waals surface area (Å²) < 4.78 is 0. The molecular weight excluding hydrogens is 162 g/mol. The third-order valence-electron chi connectivity index (χ3n) is 2.11. The lowest BCUT2D eigenvalue weighted by Gasteiger charge is -2.00. The lowest BCUT2D eigenvalue weighted by Crippen LogP contribution is -2.19. The molecule has 4 heteroatoms. The van der Waals surface area contributed by atoms with E-state index in [0.717, 1.165) is 6.29 Å². The number of fused-ring (bicyclic) bond motifs is 1. The van der Waals surface area contributed by atoms with E-state index in [1.165, 1.54) is 11.8 Å². The van der Waals surface area contributed by atoms with Gasteiger partial charge in [-0.25, -0.2) is 0 Å². The zero-order valence-electron chi connectivity index (χ0n) is 5.77. The Morgan fingerprint density at radius 2 is 2.55 bits per heavy atom. The van der Waals surface area contributed by atoms with Crippen LogP contribution in [-0.4, -0.2) is 28.9 Å². The molecule has 0 radical (unpaired) electrons. The van der Waals surface area contributed by atoms with Gasteiger partial charge in [0.05, 0.1) is 22.8 Å². The Morgan fingerprint density at radius 3 is 3.18 bits per heavy atom. The maximum Gasteiger partial charge on any atom is 0.158 e. The molecule has 3 nitrogen and oxygen atoms in total. The first-order valence-corrected chi connectivity index (χ1v) is 4.43. The summed E-state index contributed by atoms with van der Waals surface area (Å²) in [6.07, 6.45) is 1.37. The third kappa shape index (κ3) is 0.929. The number of nitrogens with zero attached hydrogens (tertiary/aromatic N) is 1. The molecule has 1 saturated carbocycles. The molecule has 1 fully saturated rings. The molecule has 11 heavy (non-hydrogen) atoms. The van der Waals surface area contributed by atoms with Gasteiger partial charge in [-0.1, -0.05) is 0 Å². The van der Waals surface area contributed by atoms with Gasteiger partial charge in [-0.2, -0.15) is 0 Å². The van der Waals surface area contributed by atoms with E-state index in [0.29, 0.717) is 6.42 Å². The van der Waals surface area contributed by atoms with E-state index in [-0.39, 0.29) is 23.0 Å². The Bertz CT molecular complexity index is 239. The van der Waals surface area contributed by atoms with Crippen molar-refractivity contribution in [3.8, 4) is 0 Å². The van der Waals surface area contributed by atoms with Crippen molar-refractivity contribution in [2.45, 2.75) is 17.7 Å². The predicted molar refractivity (Wildman–Crippen MR) is 42.8 cm³/mol. The number of thioether (sulfide) groups is 1. The SMILES string of the molecule is O=CC1CC2N=CSC2C1=O. The molecule has 0 bridgehead atoms. The van der Waals surface area contributed by atoms with Gasteiger partial charge in [-0.15, -0.1) is 11.8 Å². The molecule has 3 atom stereocenters. The van der Waals surface area contributed by atoms with Gasteiger partial charge in [0.2, 0.25) is 0 Å². The zero-order valence-corrected chi connectivity index (χ0v) is 6.58. The minimum atomic E-state index is -0.380. The molecule has 1 heterocycles. The summed E-state index contributed by atoms with van der Waals surface area (Å²) in [5.41, 5.74) is 1.72. The number of hydrogen-bond donors (Lipinski definition) is 0. The van der Waals surface area contributed by atoms with Crippen LogP contribution >= 0.6 is 11.8 Å². The topological polar surface area (TPSA) is 46.5 Å². The van der Waals surface area contributed by atoms with Crippen molar-refractivity contribution in [2.75, 3.05) is 0 Å². The zero-order chi connectivity index (χ0) is 7.84. The summed E-state index contributed by atoms with van der Waals surface area (Å²) in [4.78, 5) is 25.8. The van der Waals surface area contributed by atoms with Crippen LogP contribution in [0.15, 0.2) is 4.99 Å². The van der Waals surface area contributed by atoms with Crippen LogP contribution in [0.5, 0.6) is 0 Å².